The van der Waals surface area contributed by atoms with Crippen molar-refractivity contribution in [2.75, 3.05) is 19.7 Å². The molecule has 0 bridgehead atoms. The van der Waals surface area contributed by atoms with Crippen LogP contribution in [-0.4, -0.2) is 50.6 Å². The average Bonchev–Trinajstić information content (AvgIpc) is 3.15. The molecule has 0 saturated heterocycles. The Labute approximate surface area is 129 Å². The van der Waals surface area contributed by atoms with Gasteiger partial charge in [-0.05, 0) is 12.1 Å². The van der Waals surface area contributed by atoms with Crippen LogP contribution in [0.1, 0.15) is 24.3 Å². The molecule has 0 aliphatic carbocycles. The van der Waals surface area contributed by atoms with E-state index in [0.717, 1.165) is 43.5 Å². The van der Waals surface area contributed by atoms with Crippen molar-refractivity contribution in [2.24, 2.45) is 0 Å². The van der Waals surface area contributed by atoms with E-state index in [0.29, 0.717) is 19.8 Å². The van der Waals surface area contributed by atoms with Gasteiger partial charge in [-0.3, -0.25) is 4.90 Å². The zero-order chi connectivity index (χ0) is 15.4. The Bertz CT molecular complexity index is 582. The van der Waals surface area contributed by atoms with Gasteiger partial charge < -0.3 is 18.8 Å². The van der Waals surface area contributed by atoms with Gasteiger partial charge in [0.2, 0.25) is 0 Å². The van der Waals surface area contributed by atoms with Crippen LogP contribution >= 0.6 is 0 Å². The summed E-state index contributed by atoms with van der Waals surface area (Å²) in [6.07, 6.45) is 2.00. The van der Waals surface area contributed by atoms with E-state index in [9.17, 15) is 5.11 Å². The molecule has 1 atom stereocenters. The van der Waals surface area contributed by atoms with E-state index in [1.807, 2.05) is 12.1 Å². The number of aliphatic hydroxyl groups excluding tert-OH is 1. The van der Waals surface area contributed by atoms with Gasteiger partial charge in [-0.25, -0.2) is 0 Å². The largest absolute Gasteiger partial charge is 0.467 e. The van der Waals surface area contributed by atoms with Crippen molar-refractivity contribution in [3.8, 4) is 0 Å². The third-order valence-corrected chi connectivity index (χ3v) is 3.83. The van der Waals surface area contributed by atoms with Crippen LogP contribution in [0.3, 0.4) is 0 Å². The van der Waals surface area contributed by atoms with Crippen LogP contribution in [-0.2, 0) is 30.9 Å². The lowest BCUT2D eigenvalue weighted by atomic mass is 10.3. The molecular formula is C15H22N4O3. The van der Waals surface area contributed by atoms with Crippen molar-refractivity contribution in [2.45, 2.75) is 39.1 Å². The minimum Gasteiger partial charge on any atom is -0.467 e. The number of aliphatic hydroxyl groups is 1. The van der Waals surface area contributed by atoms with Crippen LogP contribution in [0.25, 0.3) is 0 Å². The highest BCUT2D eigenvalue weighted by atomic mass is 16.5. The molecule has 1 N–H and O–H groups in total. The predicted molar refractivity (Wildman–Crippen MR) is 79.0 cm³/mol. The number of aryl methyl sites for hydroxylation is 1. The maximum absolute atomic E-state index is 10.1. The number of β-amino-alcohol motifs (C(OH)–C–C–N with tert-alkyl or cyclic N) is 1. The Balaban J connectivity index is 1.43. The first-order chi connectivity index (χ1) is 10.8. The van der Waals surface area contributed by atoms with Gasteiger partial charge in [0.1, 0.15) is 24.0 Å². The van der Waals surface area contributed by atoms with Gasteiger partial charge in [0, 0.05) is 26.1 Å². The third-order valence-electron chi connectivity index (χ3n) is 3.83. The number of aromatic nitrogens is 3. The van der Waals surface area contributed by atoms with E-state index in [-0.39, 0.29) is 0 Å². The second-order valence-corrected chi connectivity index (χ2v) is 5.52. The van der Waals surface area contributed by atoms with Crippen molar-refractivity contribution in [3.63, 3.8) is 0 Å². The van der Waals surface area contributed by atoms with Crippen molar-refractivity contribution < 1.29 is 14.3 Å². The van der Waals surface area contributed by atoms with Gasteiger partial charge in [-0.1, -0.05) is 6.92 Å². The van der Waals surface area contributed by atoms with Crippen LogP contribution in [0, 0.1) is 0 Å². The summed E-state index contributed by atoms with van der Waals surface area (Å²) in [5, 5.41) is 18.5. The molecule has 0 radical (unpaired) electrons. The number of fused-ring (bicyclic) bond motifs is 1. The molecule has 0 amide bonds. The van der Waals surface area contributed by atoms with E-state index < -0.39 is 6.10 Å². The maximum atomic E-state index is 10.1. The summed E-state index contributed by atoms with van der Waals surface area (Å²) < 4.78 is 12.8. The minimum absolute atomic E-state index is 0.296. The van der Waals surface area contributed by atoms with Crippen molar-refractivity contribution in [1.29, 1.82) is 0 Å². The summed E-state index contributed by atoms with van der Waals surface area (Å²) in [6, 6.07) is 3.68. The zero-order valence-electron chi connectivity index (χ0n) is 12.8. The highest BCUT2D eigenvalue weighted by Gasteiger charge is 2.22. The summed E-state index contributed by atoms with van der Waals surface area (Å²) in [6.45, 7) is 5.85. The lowest BCUT2D eigenvalue weighted by Gasteiger charge is -2.29. The SMILES string of the molecule is CCc1nnc2n1CCN(CC(O)COCc1ccco1)C2. The average molecular weight is 306 g/mol. The zero-order valence-corrected chi connectivity index (χ0v) is 12.8. The first-order valence-corrected chi connectivity index (χ1v) is 7.67. The molecule has 2 aromatic heterocycles. The quantitative estimate of drug-likeness (QED) is 0.816. The molecule has 3 rings (SSSR count). The lowest BCUT2D eigenvalue weighted by Crippen LogP contribution is -2.40. The predicted octanol–water partition coefficient (Wildman–Crippen LogP) is 0.827. The molecule has 2 aromatic rings. The van der Waals surface area contributed by atoms with E-state index in [1.54, 1.807) is 6.26 Å². The molecule has 120 valence electrons. The Morgan fingerprint density at radius 1 is 1.41 bits per heavy atom. The van der Waals surface area contributed by atoms with E-state index in [2.05, 4.69) is 26.6 Å². The number of hydrogen-bond donors (Lipinski definition) is 1. The van der Waals surface area contributed by atoms with Gasteiger partial charge in [0.25, 0.3) is 0 Å². The van der Waals surface area contributed by atoms with E-state index in [4.69, 9.17) is 9.15 Å². The van der Waals surface area contributed by atoms with Gasteiger partial charge in [-0.15, -0.1) is 10.2 Å². The summed E-state index contributed by atoms with van der Waals surface area (Å²) >= 11 is 0. The molecule has 7 heteroatoms. The summed E-state index contributed by atoms with van der Waals surface area (Å²) in [5.74, 6) is 2.79. The number of furan rings is 1. The summed E-state index contributed by atoms with van der Waals surface area (Å²) in [7, 11) is 0. The van der Waals surface area contributed by atoms with Crippen LogP contribution < -0.4 is 0 Å². The molecule has 22 heavy (non-hydrogen) atoms. The molecule has 1 aliphatic heterocycles. The molecule has 7 nitrogen and oxygen atoms in total. The van der Waals surface area contributed by atoms with Crippen LogP contribution in [0.4, 0.5) is 0 Å². The minimum atomic E-state index is -0.518. The fourth-order valence-electron chi connectivity index (χ4n) is 2.73. The van der Waals surface area contributed by atoms with Crippen LogP contribution in [0.15, 0.2) is 22.8 Å². The first kappa shape index (κ1) is 15.2. The second-order valence-electron chi connectivity index (χ2n) is 5.52. The third kappa shape index (κ3) is 3.55. The number of nitrogens with zero attached hydrogens (tertiary/aromatic N) is 4. The maximum Gasteiger partial charge on any atom is 0.147 e. The van der Waals surface area contributed by atoms with Gasteiger partial charge in [-0.2, -0.15) is 0 Å². The molecule has 1 unspecified atom stereocenters. The molecule has 3 heterocycles. The topological polar surface area (TPSA) is 76.6 Å². The van der Waals surface area contributed by atoms with Crippen molar-refractivity contribution in [3.05, 3.63) is 35.8 Å². The Hall–Kier alpha value is -1.70. The van der Waals surface area contributed by atoms with Gasteiger partial charge in [0.15, 0.2) is 0 Å². The molecule has 0 spiro atoms. The van der Waals surface area contributed by atoms with E-state index >= 15 is 0 Å². The fraction of sp³-hybridized carbons (Fsp3) is 0.600. The van der Waals surface area contributed by atoms with Crippen LogP contribution in [0.2, 0.25) is 0 Å². The van der Waals surface area contributed by atoms with Gasteiger partial charge >= 0.3 is 0 Å². The number of ether oxygens (including phenoxy) is 1. The normalized spacial score (nSPS) is 16.6. The Morgan fingerprint density at radius 3 is 3.09 bits per heavy atom. The van der Waals surface area contributed by atoms with Gasteiger partial charge in [0.05, 0.1) is 25.5 Å². The fourth-order valence-corrected chi connectivity index (χ4v) is 2.73. The van der Waals surface area contributed by atoms with Crippen LogP contribution in [0.5, 0.6) is 0 Å². The van der Waals surface area contributed by atoms with Crippen molar-refractivity contribution in [1.82, 2.24) is 19.7 Å². The highest BCUT2D eigenvalue weighted by Crippen LogP contribution is 2.13. The monoisotopic (exact) mass is 306 g/mol. The Morgan fingerprint density at radius 2 is 2.32 bits per heavy atom. The molecule has 0 aromatic carbocycles. The Kier molecular flexibility index (Phi) is 4.87. The molecule has 0 fully saturated rings. The number of hydrogen-bond acceptors (Lipinski definition) is 6. The summed E-state index contributed by atoms with van der Waals surface area (Å²) in [5.41, 5.74) is 0. The molecule has 1 aliphatic rings. The molecule has 0 saturated carbocycles. The number of rotatable bonds is 7. The smallest absolute Gasteiger partial charge is 0.147 e. The van der Waals surface area contributed by atoms with Crippen molar-refractivity contribution >= 4 is 0 Å². The standard InChI is InChI=1S/C15H22N4O3/c1-2-14-16-17-15-9-18(5-6-19(14)15)8-12(20)10-21-11-13-4-3-7-22-13/h3-4,7,12,20H,2,5-6,8-11H2,1H3. The highest BCUT2D eigenvalue weighted by molar-refractivity contribution is 4.99. The van der Waals surface area contributed by atoms with E-state index in [1.165, 1.54) is 0 Å². The molecular weight excluding hydrogens is 284 g/mol. The second kappa shape index (κ2) is 7.04. The first-order valence-electron chi connectivity index (χ1n) is 7.67. The lowest BCUT2D eigenvalue weighted by molar-refractivity contribution is 0.000918. The summed E-state index contributed by atoms with van der Waals surface area (Å²) in [4.78, 5) is 2.18.